The van der Waals surface area contributed by atoms with Crippen LogP contribution < -0.4 is 0 Å². The molecule has 0 amide bonds. The highest BCUT2D eigenvalue weighted by Crippen LogP contribution is 2.20. The van der Waals surface area contributed by atoms with Crippen molar-refractivity contribution in [2.24, 2.45) is 0 Å². The Bertz CT molecular complexity index is 183. The van der Waals surface area contributed by atoms with Crippen LogP contribution in [-0.4, -0.2) is 12.7 Å². The summed E-state index contributed by atoms with van der Waals surface area (Å²) in [4.78, 5) is 9.38. The molecule has 0 spiro atoms. The second kappa shape index (κ2) is 12.9. The number of hydrogen-bond donors (Lipinski definition) is 0. The third-order valence-electron chi connectivity index (χ3n) is 3.24. The topological polar surface area (TPSA) is 36.9 Å². The highest BCUT2D eigenvalue weighted by atomic mass is 17.7. The van der Waals surface area contributed by atoms with Crippen LogP contribution in [0.5, 0.6) is 0 Å². The van der Waals surface area contributed by atoms with Crippen molar-refractivity contribution < 1.29 is 19.9 Å². The summed E-state index contributed by atoms with van der Waals surface area (Å²) in [7, 11) is 1.37. The third kappa shape index (κ3) is 14.1. The molecule has 0 saturated carbocycles. The normalized spacial score (nSPS) is 12.0. The monoisotopic (exact) mass is 276 g/mol. The maximum Gasteiger partial charge on any atom is 0.101 e. The van der Waals surface area contributed by atoms with E-state index in [2.05, 4.69) is 21.9 Å². The summed E-state index contributed by atoms with van der Waals surface area (Å²) in [5.41, 5.74) is -0.334. The van der Waals surface area contributed by atoms with E-state index in [0.29, 0.717) is 0 Å². The summed E-state index contributed by atoms with van der Waals surface area (Å²) in [5.74, 6) is 0. The van der Waals surface area contributed by atoms with E-state index >= 15 is 0 Å². The lowest BCUT2D eigenvalue weighted by Crippen LogP contribution is -2.24. The van der Waals surface area contributed by atoms with Gasteiger partial charge in [-0.05, 0) is 30.3 Å². The Morgan fingerprint density at radius 2 is 1.26 bits per heavy atom. The van der Waals surface area contributed by atoms with E-state index in [4.69, 9.17) is 4.89 Å². The van der Waals surface area contributed by atoms with Crippen molar-refractivity contribution in [2.75, 3.05) is 7.11 Å². The van der Waals surface area contributed by atoms with E-state index in [9.17, 15) is 0 Å². The molecule has 0 aromatic carbocycles. The van der Waals surface area contributed by atoms with Gasteiger partial charge in [-0.1, -0.05) is 64.7 Å². The molecule has 0 aromatic rings. The lowest BCUT2D eigenvalue weighted by molar-refractivity contribution is -0.644. The lowest BCUT2D eigenvalue weighted by Gasteiger charge is -2.21. The second-order valence-corrected chi connectivity index (χ2v) is 5.72. The first-order valence-electron chi connectivity index (χ1n) is 7.67. The summed E-state index contributed by atoms with van der Waals surface area (Å²) < 4.78 is 0. The highest BCUT2D eigenvalue weighted by molar-refractivity contribution is 4.66. The number of hydrogen-bond acceptors (Lipinski definition) is 4. The summed E-state index contributed by atoms with van der Waals surface area (Å²) >= 11 is 0. The van der Waals surface area contributed by atoms with Gasteiger partial charge in [-0.15, -0.1) is 0 Å². The standard InChI is InChI=1S/C15H32O4/c1-5-6-7-8-9-10-11-12-13-14-15(2,3)17-19-18-16-4/h5-14H2,1-4H3. The number of rotatable bonds is 14. The van der Waals surface area contributed by atoms with Gasteiger partial charge < -0.3 is 0 Å². The van der Waals surface area contributed by atoms with Crippen molar-refractivity contribution in [3.63, 3.8) is 0 Å². The second-order valence-electron chi connectivity index (χ2n) is 5.72. The number of unbranched alkanes of at least 4 members (excludes halogenated alkanes) is 8. The fourth-order valence-corrected chi connectivity index (χ4v) is 2.04. The van der Waals surface area contributed by atoms with Crippen LogP contribution in [0.25, 0.3) is 0 Å². The SMILES string of the molecule is CCCCCCCCCCCC(C)(C)OOOOC. The molecule has 0 aliphatic rings. The first-order valence-corrected chi connectivity index (χ1v) is 7.67. The minimum atomic E-state index is -0.334. The molecule has 4 nitrogen and oxygen atoms in total. The molecule has 0 bridgehead atoms. The Hall–Kier alpha value is -0.160. The van der Waals surface area contributed by atoms with Crippen LogP contribution in [0.2, 0.25) is 0 Å². The molecule has 0 saturated heterocycles. The Kier molecular flexibility index (Phi) is 12.7. The van der Waals surface area contributed by atoms with Crippen molar-refractivity contribution >= 4 is 0 Å². The molecule has 0 aliphatic heterocycles. The first-order chi connectivity index (χ1) is 9.12. The lowest BCUT2D eigenvalue weighted by atomic mass is 9.99. The molecule has 0 radical (unpaired) electrons. The molecule has 0 aromatic heterocycles. The predicted octanol–water partition coefficient (Wildman–Crippen LogP) is 5.13. The van der Waals surface area contributed by atoms with Gasteiger partial charge in [-0.25, -0.2) is 4.89 Å². The van der Waals surface area contributed by atoms with E-state index in [1.54, 1.807) is 0 Å². The average Bonchev–Trinajstić information content (AvgIpc) is 2.37. The van der Waals surface area contributed by atoms with Gasteiger partial charge in [0.15, 0.2) is 0 Å². The highest BCUT2D eigenvalue weighted by Gasteiger charge is 2.20. The van der Waals surface area contributed by atoms with Crippen LogP contribution in [0.1, 0.15) is 85.0 Å². The van der Waals surface area contributed by atoms with E-state index in [-0.39, 0.29) is 5.60 Å². The molecule has 0 aliphatic carbocycles. The van der Waals surface area contributed by atoms with E-state index in [1.165, 1.54) is 58.5 Å². The molecule has 0 unspecified atom stereocenters. The fraction of sp³-hybridized carbons (Fsp3) is 1.00. The van der Waals surface area contributed by atoms with Crippen LogP contribution in [-0.2, 0) is 19.9 Å². The van der Waals surface area contributed by atoms with Gasteiger partial charge in [0.2, 0.25) is 0 Å². The largest absolute Gasteiger partial charge is 0.207 e. The minimum absolute atomic E-state index is 0.334. The molecule has 0 heterocycles. The van der Waals surface area contributed by atoms with Gasteiger partial charge in [-0.2, -0.15) is 4.89 Å². The Balaban J connectivity index is 3.27. The van der Waals surface area contributed by atoms with Crippen LogP contribution in [0.3, 0.4) is 0 Å². The van der Waals surface area contributed by atoms with Crippen LogP contribution in [0.15, 0.2) is 0 Å². The quantitative estimate of drug-likeness (QED) is 0.250. The van der Waals surface area contributed by atoms with E-state index in [1.807, 2.05) is 13.8 Å². The molecule has 0 fully saturated rings. The van der Waals surface area contributed by atoms with Gasteiger partial charge in [0, 0.05) is 0 Å². The zero-order valence-electron chi connectivity index (χ0n) is 13.2. The molecule has 19 heavy (non-hydrogen) atoms. The van der Waals surface area contributed by atoms with Crippen molar-refractivity contribution in [1.82, 2.24) is 0 Å². The zero-order valence-corrected chi connectivity index (χ0v) is 13.2. The van der Waals surface area contributed by atoms with Crippen molar-refractivity contribution in [1.29, 1.82) is 0 Å². The third-order valence-corrected chi connectivity index (χ3v) is 3.24. The maximum atomic E-state index is 5.09. The van der Waals surface area contributed by atoms with Gasteiger partial charge in [0.25, 0.3) is 0 Å². The smallest absolute Gasteiger partial charge is 0.101 e. The summed E-state index contributed by atoms with van der Waals surface area (Å²) in [5, 5.41) is 8.70. The Morgan fingerprint density at radius 3 is 1.79 bits per heavy atom. The van der Waals surface area contributed by atoms with Crippen LogP contribution >= 0.6 is 0 Å². The molecule has 0 rings (SSSR count). The van der Waals surface area contributed by atoms with Crippen molar-refractivity contribution in [2.45, 2.75) is 90.6 Å². The van der Waals surface area contributed by atoms with Crippen molar-refractivity contribution in [3.05, 3.63) is 0 Å². The fourth-order valence-electron chi connectivity index (χ4n) is 2.04. The summed E-state index contributed by atoms with van der Waals surface area (Å²) in [6.07, 6.45) is 12.9. The maximum absolute atomic E-state index is 5.09. The van der Waals surface area contributed by atoms with Gasteiger partial charge in [-0.3, -0.25) is 0 Å². The van der Waals surface area contributed by atoms with E-state index < -0.39 is 0 Å². The van der Waals surface area contributed by atoms with Gasteiger partial charge in [0.1, 0.15) is 5.60 Å². The molecule has 4 heteroatoms. The van der Waals surface area contributed by atoms with Gasteiger partial charge >= 0.3 is 0 Å². The van der Waals surface area contributed by atoms with E-state index in [0.717, 1.165) is 12.8 Å². The van der Waals surface area contributed by atoms with Crippen molar-refractivity contribution in [3.8, 4) is 0 Å². The molecule has 0 N–H and O–H groups in total. The summed E-state index contributed by atoms with van der Waals surface area (Å²) in [6, 6.07) is 0. The molecular formula is C15H32O4. The Morgan fingerprint density at radius 1 is 0.737 bits per heavy atom. The predicted molar refractivity (Wildman–Crippen MR) is 76.2 cm³/mol. The average molecular weight is 276 g/mol. The van der Waals surface area contributed by atoms with Gasteiger partial charge in [0.05, 0.1) is 7.11 Å². The molecular weight excluding hydrogens is 244 g/mol. The van der Waals surface area contributed by atoms with Crippen LogP contribution in [0.4, 0.5) is 0 Å². The summed E-state index contributed by atoms with van der Waals surface area (Å²) in [6.45, 7) is 6.22. The zero-order chi connectivity index (χ0) is 14.4. The Labute approximate surface area is 118 Å². The first kappa shape index (κ1) is 18.8. The van der Waals surface area contributed by atoms with Crippen LogP contribution in [0, 0.1) is 0 Å². The molecule has 0 atom stereocenters. The molecule has 116 valence electrons. The minimum Gasteiger partial charge on any atom is -0.207 e.